The Labute approximate surface area is 180 Å². The zero-order valence-corrected chi connectivity index (χ0v) is 17.5. The zero-order valence-electron chi connectivity index (χ0n) is 16.7. The molecule has 31 heavy (non-hydrogen) atoms. The molecular formula is C23H21N3O4S. The quantitative estimate of drug-likeness (QED) is 0.514. The van der Waals surface area contributed by atoms with E-state index in [1.165, 1.54) is 6.07 Å². The van der Waals surface area contributed by atoms with Gasteiger partial charge in [0, 0.05) is 29.1 Å². The smallest absolute Gasteiger partial charge is 0.248 e. The number of aryl methyl sites for hydroxylation is 1. The Morgan fingerprint density at radius 3 is 1.77 bits per heavy atom. The number of hydrogen-bond acceptors (Lipinski definition) is 4. The number of anilines is 2. The molecule has 0 heterocycles. The summed E-state index contributed by atoms with van der Waals surface area (Å²) < 4.78 is 23.6. The number of primary sulfonamides is 1. The highest BCUT2D eigenvalue weighted by Gasteiger charge is 2.14. The van der Waals surface area contributed by atoms with Crippen molar-refractivity contribution in [3.8, 4) is 11.1 Å². The van der Waals surface area contributed by atoms with E-state index in [0.29, 0.717) is 22.5 Å². The summed E-state index contributed by atoms with van der Waals surface area (Å²) in [6, 6.07) is 20.3. The molecule has 0 unspecified atom stereocenters. The van der Waals surface area contributed by atoms with Crippen LogP contribution in [0.1, 0.15) is 5.56 Å². The molecule has 3 aromatic carbocycles. The van der Waals surface area contributed by atoms with Crippen molar-refractivity contribution in [3.05, 3.63) is 90.5 Å². The molecule has 0 radical (unpaired) electrons. The van der Waals surface area contributed by atoms with Gasteiger partial charge in [0.05, 0.1) is 4.90 Å². The topological polar surface area (TPSA) is 118 Å². The second-order valence-electron chi connectivity index (χ2n) is 6.80. The maximum absolute atomic E-state index is 12.1. The Hall–Kier alpha value is -3.75. The van der Waals surface area contributed by atoms with Crippen LogP contribution in [0.15, 0.2) is 89.8 Å². The van der Waals surface area contributed by atoms with Gasteiger partial charge in [-0.1, -0.05) is 48.0 Å². The van der Waals surface area contributed by atoms with Gasteiger partial charge < -0.3 is 10.6 Å². The third-order valence-corrected chi connectivity index (χ3v) is 5.33. The van der Waals surface area contributed by atoms with Gasteiger partial charge in [0.2, 0.25) is 21.8 Å². The highest BCUT2D eigenvalue weighted by atomic mass is 32.2. The fraction of sp³-hybridized carbons (Fsp3) is 0.0435. The molecule has 0 saturated carbocycles. The predicted octanol–water partition coefficient (Wildman–Crippen LogP) is 3.44. The van der Waals surface area contributed by atoms with Gasteiger partial charge in [-0.05, 0) is 42.8 Å². The summed E-state index contributed by atoms with van der Waals surface area (Å²) in [7, 11) is -3.87. The molecule has 8 heteroatoms. The van der Waals surface area contributed by atoms with Gasteiger partial charge in [-0.25, -0.2) is 13.6 Å². The van der Waals surface area contributed by atoms with Crippen LogP contribution in [0.5, 0.6) is 0 Å². The molecule has 0 aromatic heterocycles. The van der Waals surface area contributed by atoms with Crippen molar-refractivity contribution in [1.29, 1.82) is 0 Å². The highest BCUT2D eigenvalue weighted by Crippen LogP contribution is 2.27. The molecule has 0 aliphatic carbocycles. The lowest BCUT2D eigenvalue weighted by Crippen LogP contribution is -2.13. The lowest BCUT2D eigenvalue weighted by atomic mass is 10.1. The van der Waals surface area contributed by atoms with Gasteiger partial charge in [-0.3, -0.25) is 9.59 Å². The minimum Gasteiger partial charge on any atom is -0.323 e. The monoisotopic (exact) mass is 435 g/mol. The summed E-state index contributed by atoms with van der Waals surface area (Å²) in [4.78, 5) is 24.0. The Morgan fingerprint density at radius 1 is 0.774 bits per heavy atom. The third-order valence-electron chi connectivity index (χ3n) is 4.36. The molecular weight excluding hydrogens is 414 g/mol. The molecule has 0 fully saturated rings. The Kier molecular flexibility index (Phi) is 6.64. The molecule has 4 N–H and O–H groups in total. The number of carbonyl (C=O) groups is 2. The molecule has 158 valence electrons. The fourth-order valence-electron chi connectivity index (χ4n) is 2.84. The van der Waals surface area contributed by atoms with Crippen LogP contribution in [0, 0.1) is 6.92 Å². The van der Waals surface area contributed by atoms with Crippen molar-refractivity contribution in [2.45, 2.75) is 11.8 Å². The van der Waals surface area contributed by atoms with Gasteiger partial charge in [-0.2, -0.15) is 0 Å². The number of carbonyl (C=O) groups excluding carboxylic acids is 2. The maximum atomic E-state index is 12.1. The van der Waals surface area contributed by atoms with E-state index in [9.17, 15) is 18.0 Å². The number of rotatable bonds is 6. The van der Waals surface area contributed by atoms with Gasteiger partial charge in [0.1, 0.15) is 0 Å². The van der Waals surface area contributed by atoms with E-state index < -0.39 is 21.8 Å². The number of hydrogen-bond donors (Lipinski definition) is 3. The Morgan fingerprint density at radius 2 is 1.26 bits per heavy atom. The normalized spacial score (nSPS) is 11.3. The van der Waals surface area contributed by atoms with Crippen LogP contribution < -0.4 is 15.8 Å². The predicted molar refractivity (Wildman–Crippen MR) is 121 cm³/mol. The number of nitrogens with two attached hydrogens (primary N) is 1. The summed E-state index contributed by atoms with van der Waals surface area (Å²) in [5.41, 5.74) is 3.31. The first kappa shape index (κ1) is 21.9. The first-order valence-corrected chi connectivity index (χ1v) is 10.9. The van der Waals surface area contributed by atoms with Crippen LogP contribution in [0.25, 0.3) is 11.1 Å². The van der Waals surface area contributed by atoms with Crippen LogP contribution in [-0.4, -0.2) is 20.2 Å². The van der Waals surface area contributed by atoms with Crippen molar-refractivity contribution in [1.82, 2.24) is 0 Å². The summed E-state index contributed by atoms with van der Waals surface area (Å²) in [6.45, 7) is 1.95. The van der Waals surface area contributed by atoms with Gasteiger partial charge >= 0.3 is 0 Å². The van der Waals surface area contributed by atoms with E-state index >= 15 is 0 Å². The van der Waals surface area contributed by atoms with E-state index in [2.05, 4.69) is 10.6 Å². The van der Waals surface area contributed by atoms with Crippen molar-refractivity contribution >= 4 is 33.2 Å². The molecule has 0 bridgehead atoms. The van der Waals surface area contributed by atoms with Crippen LogP contribution >= 0.6 is 0 Å². The number of nitrogens with one attached hydrogen (secondary N) is 2. The average Bonchev–Trinajstić information content (AvgIpc) is 2.74. The molecule has 3 aromatic rings. The Balaban J connectivity index is 1.63. The minimum atomic E-state index is -3.87. The van der Waals surface area contributed by atoms with Crippen LogP contribution in [0.4, 0.5) is 11.4 Å². The van der Waals surface area contributed by atoms with Crippen LogP contribution in [-0.2, 0) is 19.6 Å². The highest BCUT2D eigenvalue weighted by molar-refractivity contribution is 7.89. The lowest BCUT2D eigenvalue weighted by molar-refractivity contribution is -0.114. The molecule has 0 aliphatic heterocycles. The van der Waals surface area contributed by atoms with Crippen LogP contribution in [0.3, 0.4) is 0 Å². The molecule has 3 rings (SSSR count). The second-order valence-corrected chi connectivity index (χ2v) is 8.33. The molecule has 0 saturated heterocycles. The summed E-state index contributed by atoms with van der Waals surface area (Å²) in [6.07, 6.45) is 2.28. The van der Waals surface area contributed by atoms with E-state index in [1.54, 1.807) is 54.6 Å². The van der Waals surface area contributed by atoms with Crippen molar-refractivity contribution < 1.29 is 18.0 Å². The van der Waals surface area contributed by atoms with E-state index in [0.717, 1.165) is 17.7 Å². The molecule has 0 aliphatic rings. The standard InChI is InChI=1S/C23H21N3O4S/c1-16-6-10-18(11-7-16)25-22(27)14-15-23(28)26-19-12-8-17(9-13-19)20-4-2-3-5-21(20)31(24,29)30/h2-15H,1H3,(H,25,27)(H,26,28)(H2,24,29,30)/b15-14-. The van der Waals surface area contributed by atoms with E-state index in [4.69, 9.17) is 5.14 Å². The third kappa shape index (κ3) is 6.11. The summed E-state index contributed by atoms with van der Waals surface area (Å²) in [5, 5.41) is 10.6. The van der Waals surface area contributed by atoms with Crippen molar-refractivity contribution in [3.63, 3.8) is 0 Å². The number of benzene rings is 3. The van der Waals surface area contributed by atoms with Gasteiger partial charge in [0.25, 0.3) is 0 Å². The first-order chi connectivity index (χ1) is 14.7. The van der Waals surface area contributed by atoms with E-state index in [1.807, 2.05) is 19.1 Å². The lowest BCUT2D eigenvalue weighted by Gasteiger charge is -2.09. The fourth-order valence-corrected chi connectivity index (χ4v) is 3.60. The van der Waals surface area contributed by atoms with E-state index in [-0.39, 0.29) is 4.90 Å². The molecule has 0 atom stereocenters. The number of amides is 2. The zero-order chi connectivity index (χ0) is 22.4. The Bertz CT molecular complexity index is 1230. The minimum absolute atomic E-state index is 0.0225. The molecule has 2 amide bonds. The average molecular weight is 436 g/mol. The molecule has 7 nitrogen and oxygen atoms in total. The largest absolute Gasteiger partial charge is 0.323 e. The van der Waals surface area contributed by atoms with Crippen molar-refractivity contribution in [2.75, 3.05) is 10.6 Å². The SMILES string of the molecule is Cc1ccc(NC(=O)/C=C\C(=O)Nc2ccc(-c3ccccc3S(N)(=O)=O)cc2)cc1. The van der Waals surface area contributed by atoms with Crippen LogP contribution in [0.2, 0.25) is 0 Å². The van der Waals surface area contributed by atoms with Gasteiger partial charge in [-0.15, -0.1) is 0 Å². The second kappa shape index (κ2) is 9.38. The number of sulfonamides is 1. The first-order valence-electron chi connectivity index (χ1n) is 9.31. The molecule has 0 spiro atoms. The summed E-state index contributed by atoms with van der Waals surface area (Å²) in [5.74, 6) is -0.898. The summed E-state index contributed by atoms with van der Waals surface area (Å²) >= 11 is 0. The van der Waals surface area contributed by atoms with Gasteiger partial charge in [0.15, 0.2) is 0 Å². The van der Waals surface area contributed by atoms with Crippen molar-refractivity contribution in [2.24, 2.45) is 5.14 Å². The maximum Gasteiger partial charge on any atom is 0.248 e.